The quantitative estimate of drug-likeness (QED) is 0.901. The third-order valence-corrected chi connectivity index (χ3v) is 6.44. The van der Waals surface area contributed by atoms with Crippen LogP contribution >= 0.6 is 11.3 Å². The van der Waals surface area contributed by atoms with E-state index >= 15 is 0 Å². The van der Waals surface area contributed by atoms with Gasteiger partial charge < -0.3 is 5.32 Å². The van der Waals surface area contributed by atoms with Crippen LogP contribution in [0.5, 0.6) is 0 Å². The predicted octanol–water partition coefficient (Wildman–Crippen LogP) is 3.51. The summed E-state index contributed by atoms with van der Waals surface area (Å²) in [6, 6.07) is 0. The molecule has 1 N–H and O–H groups in total. The first-order valence-corrected chi connectivity index (χ1v) is 8.24. The van der Waals surface area contributed by atoms with E-state index in [2.05, 4.69) is 17.2 Å². The van der Waals surface area contributed by atoms with Crippen LogP contribution in [0.4, 0.5) is 0 Å². The summed E-state index contributed by atoms with van der Waals surface area (Å²) in [5.74, 6) is 3.10. The van der Waals surface area contributed by atoms with Gasteiger partial charge in [0, 0.05) is 17.0 Å². The van der Waals surface area contributed by atoms with Crippen molar-refractivity contribution in [2.45, 2.75) is 57.5 Å². The molecule has 0 aliphatic heterocycles. The molecule has 5 rings (SSSR count). The molecule has 1 heterocycles. The molecule has 4 bridgehead atoms. The van der Waals surface area contributed by atoms with E-state index in [-0.39, 0.29) is 0 Å². The van der Waals surface area contributed by atoms with Crippen molar-refractivity contribution >= 4 is 11.3 Å². The molecule has 0 aromatic carbocycles. The van der Waals surface area contributed by atoms with Gasteiger partial charge in [-0.25, -0.2) is 4.98 Å². The third kappa shape index (κ3) is 1.83. The largest absolute Gasteiger partial charge is 0.306 e. The molecular formula is C15H22N2S. The van der Waals surface area contributed by atoms with Crippen molar-refractivity contribution in [3.63, 3.8) is 0 Å². The van der Waals surface area contributed by atoms with Gasteiger partial charge in [0.2, 0.25) is 0 Å². The second kappa shape index (κ2) is 4.04. The molecule has 1 aromatic rings. The van der Waals surface area contributed by atoms with E-state index in [0.717, 1.165) is 24.3 Å². The Kier molecular flexibility index (Phi) is 2.56. The van der Waals surface area contributed by atoms with Crippen molar-refractivity contribution in [1.29, 1.82) is 0 Å². The van der Waals surface area contributed by atoms with Crippen LogP contribution < -0.4 is 5.32 Å². The summed E-state index contributed by atoms with van der Waals surface area (Å²) in [6.45, 7) is 3.18. The van der Waals surface area contributed by atoms with Crippen molar-refractivity contribution in [3.05, 3.63) is 16.1 Å². The van der Waals surface area contributed by atoms with Gasteiger partial charge in [-0.1, -0.05) is 0 Å². The molecule has 4 fully saturated rings. The minimum Gasteiger partial charge on any atom is -0.306 e. The highest BCUT2D eigenvalue weighted by Crippen LogP contribution is 2.55. The van der Waals surface area contributed by atoms with E-state index in [1.54, 1.807) is 11.3 Å². The SMILES string of the molecule is Cc1ncsc1CNC12CC3CC(CC(C3)C1)C2. The first-order valence-electron chi connectivity index (χ1n) is 7.36. The fraction of sp³-hybridized carbons (Fsp3) is 0.800. The number of nitrogens with one attached hydrogen (secondary N) is 1. The first kappa shape index (κ1) is 11.4. The highest BCUT2D eigenvalue weighted by atomic mass is 32.1. The summed E-state index contributed by atoms with van der Waals surface area (Å²) < 4.78 is 0. The van der Waals surface area contributed by atoms with Crippen LogP contribution in [0.15, 0.2) is 5.51 Å². The van der Waals surface area contributed by atoms with Gasteiger partial charge >= 0.3 is 0 Å². The lowest BCUT2D eigenvalue weighted by Crippen LogP contribution is -2.58. The Hall–Kier alpha value is -0.410. The summed E-state index contributed by atoms with van der Waals surface area (Å²) in [5.41, 5.74) is 3.69. The Labute approximate surface area is 113 Å². The lowest BCUT2D eigenvalue weighted by molar-refractivity contribution is -0.0205. The van der Waals surface area contributed by atoms with Crippen LogP contribution in [0.2, 0.25) is 0 Å². The molecule has 0 atom stereocenters. The van der Waals surface area contributed by atoms with Crippen molar-refractivity contribution in [2.24, 2.45) is 17.8 Å². The zero-order valence-corrected chi connectivity index (χ0v) is 11.9. The predicted molar refractivity (Wildman–Crippen MR) is 74.6 cm³/mol. The van der Waals surface area contributed by atoms with Gasteiger partial charge in [0.15, 0.2) is 0 Å². The normalized spacial score (nSPS) is 41.5. The van der Waals surface area contributed by atoms with Gasteiger partial charge in [-0.15, -0.1) is 11.3 Å². The Morgan fingerprint density at radius 2 is 1.83 bits per heavy atom. The molecule has 98 valence electrons. The van der Waals surface area contributed by atoms with E-state index in [4.69, 9.17) is 0 Å². The van der Waals surface area contributed by atoms with Crippen LogP contribution in [0.25, 0.3) is 0 Å². The molecule has 0 amide bonds. The number of aryl methyl sites for hydroxylation is 1. The van der Waals surface area contributed by atoms with Gasteiger partial charge in [0.05, 0.1) is 11.2 Å². The molecular weight excluding hydrogens is 240 g/mol. The zero-order valence-electron chi connectivity index (χ0n) is 11.1. The van der Waals surface area contributed by atoms with Crippen LogP contribution in [-0.2, 0) is 6.54 Å². The lowest BCUT2D eigenvalue weighted by Gasteiger charge is -2.57. The number of aromatic nitrogens is 1. The minimum atomic E-state index is 0.491. The number of hydrogen-bond acceptors (Lipinski definition) is 3. The molecule has 4 saturated carbocycles. The van der Waals surface area contributed by atoms with Gasteiger partial charge in [0.25, 0.3) is 0 Å². The fourth-order valence-electron chi connectivity index (χ4n) is 5.09. The van der Waals surface area contributed by atoms with Crippen LogP contribution in [0.3, 0.4) is 0 Å². The summed E-state index contributed by atoms with van der Waals surface area (Å²) in [7, 11) is 0. The van der Waals surface area contributed by atoms with E-state index in [0.29, 0.717) is 5.54 Å². The maximum Gasteiger partial charge on any atom is 0.0798 e. The molecule has 1 aromatic heterocycles. The average Bonchev–Trinajstić information content (AvgIpc) is 2.70. The maximum atomic E-state index is 4.36. The first-order chi connectivity index (χ1) is 8.72. The second-order valence-corrected chi connectivity index (χ2v) is 7.85. The van der Waals surface area contributed by atoms with Crippen molar-refractivity contribution in [2.75, 3.05) is 0 Å². The van der Waals surface area contributed by atoms with E-state index in [1.807, 2.05) is 5.51 Å². The fourth-order valence-corrected chi connectivity index (χ4v) is 5.81. The van der Waals surface area contributed by atoms with Gasteiger partial charge in [-0.2, -0.15) is 0 Å². The van der Waals surface area contributed by atoms with Crippen LogP contribution in [0, 0.1) is 24.7 Å². The summed E-state index contributed by atoms with van der Waals surface area (Å²) >= 11 is 1.80. The minimum absolute atomic E-state index is 0.491. The smallest absolute Gasteiger partial charge is 0.0798 e. The van der Waals surface area contributed by atoms with E-state index in [9.17, 15) is 0 Å². The maximum absolute atomic E-state index is 4.36. The van der Waals surface area contributed by atoms with E-state index in [1.165, 1.54) is 49.1 Å². The van der Waals surface area contributed by atoms with Gasteiger partial charge in [0.1, 0.15) is 0 Å². The molecule has 0 radical (unpaired) electrons. The second-order valence-electron chi connectivity index (χ2n) is 6.91. The monoisotopic (exact) mass is 262 g/mol. The zero-order chi connectivity index (χ0) is 12.2. The lowest BCUT2D eigenvalue weighted by atomic mass is 9.53. The summed E-state index contributed by atoms with van der Waals surface area (Å²) in [5, 5.41) is 3.94. The summed E-state index contributed by atoms with van der Waals surface area (Å²) in [4.78, 5) is 5.80. The van der Waals surface area contributed by atoms with Crippen molar-refractivity contribution in [1.82, 2.24) is 10.3 Å². The molecule has 2 nitrogen and oxygen atoms in total. The molecule has 18 heavy (non-hydrogen) atoms. The molecule has 0 unspecified atom stereocenters. The van der Waals surface area contributed by atoms with Crippen LogP contribution in [-0.4, -0.2) is 10.5 Å². The Bertz CT molecular complexity index is 416. The number of hydrogen-bond donors (Lipinski definition) is 1. The van der Waals surface area contributed by atoms with Crippen LogP contribution in [0.1, 0.15) is 49.1 Å². The van der Waals surface area contributed by atoms with Gasteiger partial charge in [-0.05, 0) is 63.2 Å². The standard InChI is InChI=1S/C15H22N2S/c1-10-14(18-9-16-10)8-17-15-5-11-2-12(6-15)4-13(3-11)7-15/h9,11-13,17H,2-8H2,1H3. The summed E-state index contributed by atoms with van der Waals surface area (Å²) in [6.07, 6.45) is 8.91. The number of nitrogens with zero attached hydrogens (tertiary/aromatic N) is 1. The molecule has 3 heteroatoms. The molecule has 4 aliphatic carbocycles. The Balaban J connectivity index is 1.49. The topological polar surface area (TPSA) is 24.9 Å². The highest BCUT2D eigenvalue weighted by Gasteiger charge is 2.50. The number of thiazole rings is 1. The molecule has 0 spiro atoms. The average molecular weight is 262 g/mol. The van der Waals surface area contributed by atoms with E-state index < -0.39 is 0 Å². The van der Waals surface area contributed by atoms with Crippen molar-refractivity contribution in [3.8, 4) is 0 Å². The third-order valence-electron chi connectivity index (χ3n) is 5.51. The Morgan fingerprint density at radius 3 is 2.33 bits per heavy atom. The molecule has 4 aliphatic rings. The number of rotatable bonds is 3. The Morgan fingerprint density at radius 1 is 1.22 bits per heavy atom. The highest BCUT2D eigenvalue weighted by molar-refractivity contribution is 7.09. The molecule has 0 saturated heterocycles. The van der Waals surface area contributed by atoms with Gasteiger partial charge in [-0.3, -0.25) is 0 Å². The van der Waals surface area contributed by atoms with Crippen molar-refractivity contribution < 1.29 is 0 Å².